The second kappa shape index (κ2) is 7.72. The van der Waals surface area contributed by atoms with Crippen LogP contribution < -0.4 is 4.90 Å². The minimum absolute atomic E-state index is 0.187. The standard InChI is InChI=1S/C24H21NO5/c1-2-30-22(27)15-25-20-13-6-5-12-19(20)24(29,23(25)28)14-21(26)18-11-7-9-16-8-3-4-10-17(16)18/h3-13,29H,2,14-15H2,1H3/t24-/m1/s1. The van der Waals surface area contributed by atoms with Crippen molar-refractivity contribution in [2.24, 2.45) is 0 Å². The molecule has 0 unspecified atom stereocenters. The maximum absolute atomic E-state index is 13.2. The molecule has 1 amide bonds. The molecule has 1 aliphatic heterocycles. The maximum atomic E-state index is 13.2. The van der Waals surface area contributed by atoms with E-state index < -0.39 is 23.9 Å². The molecular weight excluding hydrogens is 382 g/mol. The number of rotatable bonds is 6. The molecule has 1 atom stereocenters. The normalized spacial score (nSPS) is 17.8. The molecule has 0 spiro atoms. The molecule has 3 aromatic rings. The van der Waals surface area contributed by atoms with Crippen LogP contribution >= 0.6 is 0 Å². The van der Waals surface area contributed by atoms with Gasteiger partial charge in [0.2, 0.25) is 0 Å². The molecule has 1 N–H and O–H groups in total. The van der Waals surface area contributed by atoms with Crippen molar-refractivity contribution >= 4 is 34.1 Å². The van der Waals surface area contributed by atoms with Crippen molar-refractivity contribution in [1.82, 2.24) is 0 Å². The lowest BCUT2D eigenvalue weighted by atomic mass is 9.87. The number of hydrogen-bond donors (Lipinski definition) is 1. The Kier molecular flexibility index (Phi) is 5.10. The molecule has 6 heteroatoms. The summed E-state index contributed by atoms with van der Waals surface area (Å²) in [6.45, 7) is 1.54. The first-order valence-electron chi connectivity index (χ1n) is 9.76. The summed E-state index contributed by atoms with van der Waals surface area (Å²) >= 11 is 0. The van der Waals surface area contributed by atoms with E-state index in [-0.39, 0.29) is 18.9 Å². The number of hydrogen-bond acceptors (Lipinski definition) is 5. The predicted octanol–water partition coefficient (Wildman–Crippen LogP) is 3.21. The topological polar surface area (TPSA) is 83.9 Å². The van der Waals surface area contributed by atoms with Gasteiger partial charge in [-0.2, -0.15) is 0 Å². The van der Waals surface area contributed by atoms with Crippen molar-refractivity contribution in [3.63, 3.8) is 0 Å². The van der Waals surface area contributed by atoms with E-state index in [0.717, 1.165) is 10.8 Å². The molecule has 0 aromatic heterocycles. The predicted molar refractivity (Wildman–Crippen MR) is 112 cm³/mol. The van der Waals surface area contributed by atoms with Crippen molar-refractivity contribution in [1.29, 1.82) is 0 Å². The summed E-state index contributed by atoms with van der Waals surface area (Å²) in [4.78, 5) is 39.5. The van der Waals surface area contributed by atoms with Gasteiger partial charge < -0.3 is 9.84 Å². The van der Waals surface area contributed by atoms with Gasteiger partial charge in [0.05, 0.1) is 18.7 Å². The minimum atomic E-state index is -2.04. The third kappa shape index (κ3) is 3.25. The number of carbonyl (C=O) groups excluding carboxylic acids is 3. The van der Waals surface area contributed by atoms with Gasteiger partial charge in [-0.25, -0.2) is 0 Å². The number of aliphatic hydroxyl groups is 1. The van der Waals surface area contributed by atoms with Crippen LogP contribution in [0.4, 0.5) is 5.69 Å². The molecule has 30 heavy (non-hydrogen) atoms. The number of Topliss-reactive ketones (excluding diaryl/α,β-unsaturated/α-hetero) is 1. The first-order chi connectivity index (χ1) is 14.5. The van der Waals surface area contributed by atoms with Gasteiger partial charge in [0.15, 0.2) is 11.4 Å². The van der Waals surface area contributed by atoms with Crippen LogP contribution in [0.25, 0.3) is 10.8 Å². The first-order valence-corrected chi connectivity index (χ1v) is 9.76. The third-order valence-electron chi connectivity index (χ3n) is 5.34. The number of amides is 1. The lowest BCUT2D eigenvalue weighted by molar-refractivity contribution is -0.144. The third-order valence-corrected chi connectivity index (χ3v) is 5.34. The van der Waals surface area contributed by atoms with Crippen LogP contribution in [-0.2, 0) is 19.9 Å². The molecule has 1 heterocycles. The number of ether oxygens (including phenoxy) is 1. The lowest BCUT2D eigenvalue weighted by Crippen LogP contribution is -2.44. The van der Waals surface area contributed by atoms with Crippen LogP contribution in [-0.4, -0.2) is 35.9 Å². The average Bonchev–Trinajstić information content (AvgIpc) is 2.95. The highest BCUT2D eigenvalue weighted by atomic mass is 16.5. The summed E-state index contributed by atoms with van der Waals surface area (Å²) in [5.41, 5.74) is -0.885. The Balaban J connectivity index is 1.70. The Morgan fingerprint density at radius 3 is 2.50 bits per heavy atom. The number of ketones is 1. The number of fused-ring (bicyclic) bond motifs is 2. The second-order valence-corrected chi connectivity index (χ2v) is 7.20. The van der Waals surface area contributed by atoms with Crippen molar-refractivity contribution in [2.75, 3.05) is 18.1 Å². The SMILES string of the molecule is CCOC(=O)CN1C(=O)[C@@](O)(CC(=O)c2cccc3ccccc23)c2ccccc21. The molecule has 0 aliphatic carbocycles. The van der Waals surface area contributed by atoms with Gasteiger partial charge in [0.1, 0.15) is 6.54 Å². The molecular formula is C24H21NO5. The fourth-order valence-electron chi connectivity index (χ4n) is 3.97. The number of benzene rings is 3. The zero-order chi connectivity index (χ0) is 21.3. The van der Waals surface area contributed by atoms with E-state index in [1.165, 1.54) is 4.90 Å². The van der Waals surface area contributed by atoms with Crippen LogP contribution in [0, 0.1) is 0 Å². The number of carbonyl (C=O) groups is 3. The van der Waals surface area contributed by atoms with Gasteiger partial charge >= 0.3 is 5.97 Å². The number of nitrogens with zero attached hydrogens (tertiary/aromatic N) is 1. The van der Waals surface area contributed by atoms with Crippen LogP contribution in [0.15, 0.2) is 66.7 Å². The summed E-state index contributed by atoms with van der Waals surface area (Å²) in [6.07, 6.45) is -0.420. The Morgan fingerprint density at radius 1 is 1.00 bits per heavy atom. The Hall–Kier alpha value is -3.51. The molecule has 0 saturated heterocycles. The Bertz CT molecular complexity index is 1150. The molecule has 1 aliphatic rings. The van der Waals surface area contributed by atoms with Gasteiger partial charge in [-0.05, 0) is 23.8 Å². The average molecular weight is 403 g/mol. The fraction of sp³-hybridized carbons (Fsp3) is 0.208. The minimum Gasteiger partial charge on any atom is -0.465 e. The van der Waals surface area contributed by atoms with E-state index >= 15 is 0 Å². The molecule has 0 bridgehead atoms. The quantitative estimate of drug-likeness (QED) is 0.505. The summed E-state index contributed by atoms with van der Waals surface area (Å²) in [5, 5.41) is 13.0. The smallest absolute Gasteiger partial charge is 0.326 e. The molecule has 6 nitrogen and oxygen atoms in total. The molecule has 3 aromatic carbocycles. The van der Waals surface area contributed by atoms with Crippen molar-refractivity contribution in [3.05, 3.63) is 77.9 Å². The van der Waals surface area contributed by atoms with E-state index in [9.17, 15) is 19.5 Å². The highest BCUT2D eigenvalue weighted by Gasteiger charge is 2.51. The summed E-state index contributed by atoms with van der Waals surface area (Å²) in [6, 6.07) is 19.5. The Morgan fingerprint density at radius 2 is 1.70 bits per heavy atom. The molecule has 0 radical (unpaired) electrons. The van der Waals surface area contributed by atoms with Crippen LogP contribution in [0.1, 0.15) is 29.3 Å². The van der Waals surface area contributed by atoms with Crippen LogP contribution in [0.5, 0.6) is 0 Å². The summed E-state index contributed by atoms with van der Waals surface area (Å²) < 4.78 is 4.95. The van der Waals surface area contributed by atoms with Gasteiger partial charge in [-0.1, -0.05) is 60.7 Å². The number of para-hydroxylation sites is 1. The fourth-order valence-corrected chi connectivity index (χ4v) is 3.97. The van der Waals surface area contributed by atoms with Crippen molar-refractivity contribution in [3.8, 4) is 0 Å². The van der Waals surface area contributed by atoms with Gasteiger partial charge in [0.25, 0.3) is 5.91 Å². The van der Waals surface area contributed by atoms with E-state index in [0.29, 0.717) is 16.8 Å². The maximum Gasteiger partial charge on any atom is 0.326 e. The van der Waals surface area contributed by atoms with E-state index in [2.05, 4.69) is 0 Å². The van der Waals surface area contributed by atoms with E-state index in [1.807, 2.05) is 30.3 Å². The number of anilines is 1. The number of esters is 1. The van der Waals surface area contributed by atoms with E-state index in [4.69, 9.17) is 4.74 Å². The monoisotopic (exact) mass is 403 g/mol. The highest BCUT2D eigenvalue weighted by molar-refractivity contribution is 6.14. The Labute approximate surface area is 173 Å². The molecule has 0 saturated carbocycles. The molecule has 4 rings (SSSR count). The van der Waals surface area contributed by atoms with Crippen LogP contribution in [0.3, 0.4) is 0 Å². The highest BCUT2D eigenvalue weighted by Crippen LogP contribution is 2.43. The lowest BCUT2D eigenvalue weighted by Gasteiger charge is -2.22. The largest absolute Gasteiger partial charge is 0.465 e. The summed E-state index contributed by atoms with van der Waals surface area (Å²) in [7, 11) is 0. The first kappa shape index (κ1) is 19.8. The summed E-state index contributed by atoms with van der Waals surface area (Å²) in [5.74, 6) is -1.63. The van der Waals surface area contributed by atoms with Gasteiger partial charge in [-0.15, -0.1) is 0 Å². The second-order valence-electron chi connectivity index (χ2n) is 7.20. The zero-order valence-electron chi connectivity index (χ0n) is 16.5. The molecule has 0 fully saturated rings. The van der Waals surface area contributed by atoms with Crippen LogP contribution in [0.2, 0.25) is 0 Å². The van der Waals surface area contributed by atoms with Gasteiger partial charge in [0, 0.05) is 11.1 Å². The zero-order valence-corrected chi connectivity index (χ0v) is 16.5. The van der Waals surface area contributed by atoms with Crippen molar-refractivity contribution in [2.45, 2.75) is 18.9 Å². The molecule has 152 valence electrons. The van der Waals surface area contributed by atoms with E-state index in [1.54, 1.807) is 43.3 Å². The van der Waals surface area contributed by atoms with Gasteiger partial charge in [-0.3, -0.25) is 19.3 Å². The van der Waals surface area contributed by atoms with Crippen molar-refractivity contribution < 1.29 is 24.2 Å².